The van der Waals surface area contributed by atoms with Gasteiger partial charge in [0.05, 0.1) is 10.7 Å². The maximum atomic E-state index is 5.56. The maximum Gasteiger partial charge on any atom is 0.128 e. The number of hydrogen-bond acceptors (Lipinski definition) is 4. The van der Waals surface area contributed by atoms with Crippen molar-refractivity contribution in [3.63, 3.8) is 0 Å². The molecule has 0 radical (unpaired) electrons. The summed E-state index contributed by atoms with van der Waals surface area (Å²) in [7, 11) is 0. The molecular weight excluding hydrogens is 312 g/mol. The van der Waals surface area contributed by atoms with Crippen LogP contribution >= 0.6 is 28.1 Å². The number of piperazine rings is 1. The summed E-state index contributed by atoms with van der Waals surface area (Å²) >= 11 is 8.41. The normalized spacial score (nSPS) is 16.9. The van der Waals surface area contributed by atoms with Crippen LogP contribution in [0, 0.1) is 6.92 Å². The first-order chi connectivity index (χ1) is 8.56. The lowest BCUT2D eigenvalue weighted by molar-refractivity contribution is 0.291. The molecule has 4 nitrogen and oxygen atoms in total. The van der Waals surface area contributed by atoms with E-state index in [4.69, 9.17) is 18.0 Å². The largest absolute Gasteiger partial charge is 0.392 e. The van der Waals surface area contributed by atoms with Gasteiger partial charge in [0.25, 0.3) is 0 Å². The predicted octanol–water partition coefficient (Wildman–Crippen LogP) is 1.56. The number of thiocarbonyl (C=S) groups is 1. The second kappa shape index (κ2) is 5.95. The van der Waals surface area contributed by atoms with Gasteiger partial charge >= 0.3 is 0 Å². The molecule has 1 aliphatic rings. The van der Waals surface area contributed by atoms with Gasteiger partial charge < -0.3 is 10.6 Å². The standard InChI is InChI=1S/C12H17BrN4S/c1-9-10(13)2-3-12(15-9)17-6-4-16(5-7-17)8-11(14)18/h2-3H,4-8H2,1H3,(H2,14,18). The van der Waals surface area contributed by atoms with Crippen molar-refractivity contribution in [3.8, 4) is 0 Å². The van der Waals surface area contributed by atoms with Gasteiger partial charge in [0, 0.05) is 37.2 Å². The molecule has 0 bridgehead atoms. The van der Waals surface area contributed by atoms with Crippen LogP contribution in [0.2, 0.25) is 0 Å². The predicted molar refractivity (Wildman–Crippen MR) is 82.1 cm³/mol. The van der Waals surface area contributed by atoms with Crippen molar-refractivity contribution in [3.05, 3.63) is 22.3 Å². The Hall–Kier alpha value is -0.720. The number of halogens is 1. The molecule has 1 aliphatic heterocycles. The third-order valence-corrected chi connectivity index (χ3v) is 4.05. The van der Waals surface area contributed by atoms with Gasteiger partial charge in [0.15, 0.2) is 0 Å². The first-order valence-electron chi connectivity index (χ1n) is 5.95. The van der Waals surface area contributed by atoms with Crippen LogP contribution in [-0.2, 0) is 0 Å². The molecule has 1 fully saturated rings. The zero-order valence-corrected chi connectivity index (χ0v) is 12.8. The van der Waals surface area contributed by atoms with Crippen molar-refractivity contribution in [2.45, 2.75) is 6.92 Å². The molecule has 6 heteroatoms. The maximum absolute atomic E-state index is 5.56. The minimum atomic E-state index is 0.570. The Kier molecular flexibility index (Phi) is 4.53. The average molecular weight is 329 g/mol. The third-order valence-electron chi connectivity index (χ3n) is 3.08. The molecule has 1 aromatic heterocycles. The highest BCUT2D eigenvalue weighted by Gasteiger charge is 2.18. The van der Waals surface area contributed by atoms with Crippen LogP contribution in [0.1, 0.15) is 5.69 Å². The van der Waals surface area contributed by atoms with Gasteiger partial charge in [-0.05, 0) is 35.0 Å². The van der Waals surface area contributed by atoms with E-state index in [0.717, 1.165) is 48.7 Å². The van der Waals surface area contributed by atoms with Crippen molar-refractivity contribution < 1.29 is 0 Å². The van der Waals surface area contributed by atoms with E-state index in [1.54, 1.807) is 0 Å². The number of anilines is 1. The van der Waals surface area contributed by atoms with Gasteiger partial charge in [0.2, 0.25) is 0 Å². The molecule has 18 heavy (non-hydrogen) atoms. The monoisotopic (exact) mass is 328 g/mol. The number of hydrogen-bond donors (Lipinski definition) is 1. The summed E-state index contributed by atoms with van der Waals surface area (Å²) in [5.41, 5.74) is 6.59. The molecule has 0 aromatic carbocycles. The van der Waals surface area contributed by atoms with Crippen molar-refractivity contribution in [2.24, 2.45) is 5.73 Å². The Morgan fingerprint density at radius 1 is 1.39 bits per heavy atom. The fourth-order valence-electron chi connectivity index (χ4n) is 2.06. The molecule has 2 N–H and O–H groups in total. The van der Waals surface area contributed by atoms with E-state index in [2.05, 4.69) is 42.8 Å². The van der Waals surface area contributed by atoms with E-state index >= 15 is 0 Å². The fraction of sp³-hybridized carbons (Fsp3) is 0.500. The van der Waals surface area contributed by atoms with Crippen LogP contribution in [0.4, 0.5) is 5.82 Å². The van der Waals surface area contributed by atoms with Crippen LogP contribution in [0.25, 0.3) is 0 Å². The van der Waals surface area contributed by atoms with Crippen molar-refractivity contribution >= 4 is 39.0 Å². The van der Waals surface area contributed by atoms with Crippen LogP contribution in [-0.4, -0.2) is 47.6 Å². The number of nitrogens with two attached hydrogens (primary N) is 1. The topological polar surface area (TPSA) is 45.4 Å². The molecule has 0 aliphatic carbocycles. The van der Waals surface area contributed by atoms with E-state index in [1.165, 1.54) is 0 Å². The van der Waals surface area contributed by atoms with E-state index in [0.29, 0.717) is 4.99 Å². The van der Waals surface area contributed by atoms with Crippen LogP contribution < -0.4 is 10.6 Å². The Labute approximate surface area is 121 Å². The molecular formula is C12H17BrN4S. The Morgan fingerprint density at radius 3 is 2.61 bits per heavy atom. The van der Waals surface area contributed by atoms with Gasteiger partial charge in [-0.1, -0.05) is 12.2 Å². The first kappa shape index (κ1) is 13.7. The molecule has 0 spiro atoms. The highest BCUT2D eigenvalue weighted by Crippen LogP contribution is 2.20. The molecule has 0 atom stereocenters. The molecule has 2 rings (SSSR count). The van der Waals surface area contributed by atoms with Gasteiger partial charge in [-0.25, -0.2) is 4.98 Å². The van der Waals surface area contributed by atoms with Gasteiger partial charge in [-0.3, -0.25) is 4.90 Å². The molecule has 98 valence electrons. The molecule has 0 amide bonds. The summed E-state index contributed by atoms with van der Waals surface area (Å²) in [6.07, 6.45) is 0. The molecule has 0 unspecified atom stereocenters. The Balaban J connectivity index is 1.96. The zero-order chi connectivity index (χ0) is 13.1. The highest BCUT2D eigenvalue weighted by molar-refractivity contribution is 9.10. The average Bonchev–Trinajstić information content (AvgIpc) is 2.33. The van der Waals surface area contributed by atoms with Crippen LogP contribution in [0.3, 0.4) is 0 Å². The third kappa shape index (κ3) is 3.40. The summed E-state index contributed by atoms with van der Waals surface area (Å²) in [4.78, 5) is 9.75. The van der Waals surface area contributed by atoms with Crippen LogP contribution in [0.15, 0.2) is 16.6 Å². The van der Waals surface area contributed by atoms with Crippen molar-refractivity contribution in [1.29, 1.82) is 0 Å². The minimum Gasteiger partial charge on any atom is -0.392 e. The number of aromatic nitrogens is 1. The highest BCUT2D eigenvalue weighted by atomic mass is 79.9. The second-order valence-corrected chi connectivity index (χ2v) is 5.84. The van der Waals surface area contributed by atoms with E-state index in [-0.39, 0.29) is 0 Å². The smallest absolute Gasteiger partial charge is 0.128 e. The number of aryl methyl sites for hydroxylation is 1. The summed E-state index contributed by atoms with van der Waals surface area (Å²) < 4.78 is 1.05. The summed E-state index contributed by atoms with van der Waals surface area (Å²) in [5, 5.41) is 0. The molecule has 1 aromatic rings. The lowest BCUT2D eigenvalue weighted by Crippen LogP contribution is -2.48. The van der Waals surface area contributed by atoms with Gasteiger partial charge in [-0.2, -0.15) is 0 Å². The van der Waals surface area contributed by atoms with E-state index in [9.17, 15) is 0 Å². The number of nitrogens with zero attached hydrogens (tertiary/aromatic N) is 3. The lowest BCUT2D eigenvalue weighted by Gasteiger charge is -2.35. The summed E-state index contributed by atoms with van der Waals surface area (Å²) in [5.74, 6) is 1.05. The molecule has 2 heterocycles. The van der Waals surface area contributed by atoms with Gasteiger partial charge in [-0.15, -0.1) is 0 Å². The van der Waals surface area contributed by atoms with Crippen molar-refractivity contribution in [1.82, 2.24) is 9.88 Å². The minimum absolute atomic E-state index is 0.570. The lowest BCUT2D eigenvalue weighted by atomic mass is 10.3. The SMILES string of the molecule is Cc1nc(N2CCN(CC(N)=S)CC2)ccc1Br. The Morgan fingerprint density at radius 2 is 2.06 bits per heavy atom. The first-order valence-corrected chi connectivity index (χ1v) is 7.15. The Bertz CT molecular complexity index is 444. The quantitative estimate of drug-likeness (QED) is 0.853. The van der Waals surface area contributed by atoms with Crippen molar-refractivity contribution in [2.75, 3.05) is 37.6 Å². The van der Waals surface area contributed by atoms with Gasteiger partial charge in [0.1, 0.15) is 5.82 Å². The van der Waals surface area contributed by atoms with E-state index < -0.39 is 0 Å². The number of rotatable bonds is 3. The second-order valence-electron chi connectivity index (χ2n) is 4.47. The molecule has 0 saturated carbocycles. The summed E-state index contributed by atoms with van der Waals surface area (Å²) in [6, 6.07) is 4.11. The number of pyridine rings is 1. The summed E-state index contributed by atoms with van der Waals surface area (Å²) in [6.45, 7) is 6.63. The zero-order valence-electron chi connectivity index (χ0n) is 10.4. The van der Waals surface area contributed by atoms with Crippen LogP contribution in [0.5, 0.6) is 0 Å². The fourth-order valence-corrected chi connectivity index (χ4v) is 2.47. The molecule has 1 saturated heterocycles. The van der Waals surface area contributed by atoms with E-state index in [1.807, 2.05) is 6.92 Å².